The Hall–Kier alpha value is -3.95. The summed E-state index contributed by atoms with van der Waals surface area (Å²) in [5, 5.41) is 19.4. The number of benzene rings is 2. The maximum atomic E-state index is 14.9. The number of rotatable bonds is 8. The van der Waals surface area contributed by atoms with Gasteiger partial charge in [-0.05, 0) is 60.2 Å². The van der Waals surface area contributed by atoms with Crippen molar-refractivity contribution in [2.24, 2.45) is 5.73 Å². The van der Waals surface area contributed by atoms with E-state index in [2.05, 4.69) is 20.5 Å². The minimum Gasteiger partial charge on any atom is -0.395 e. The number of aliphatic hydroxyl groups is 1. The molecule has 2 atom stereocenters. The standard InChI is InChI=1S/C25H23F2N5O2/c26-16-9-7-15(8-10-16)21-13-23(32-31-21)24-18(5-3-6-19(24)27)25(34)30-22(20(28)14-33)12-17-4-1-2-11-29-17/h1-11,13,20,22,33H,12,14,28H2,(H,30,34)(H,31,32). The fourth-order valence-corrected chi connectivity index (χ4v) is 3.63. The predicted octanol–water partition coefficient (Wildman–Crippen LogP) is 3.08. The Morgan fingerprint density at radius 2 is 1.88 bits per heavy atom. The molecule has 34 heavy (non-hydrogen) atoms. The number of aromatic nitrogens is 3. The Morgan fingerprint density at radius 3 is 2.59 bits per heavy atom. The van der Waals surface area contributed by atoms with Crippen LogP contribution in [0.1, 0.15) is 16.1 Å². The number of nitrogens with two attached hydrogens (primary N) is 1. The van der Waals surface area contributed by atoms with Crippen molar-refractivity contribution in [3.8, 4) is 22.5 Å². The molecule has 0 saturated carbocycles. The van der Waals surface area contributed by atoms with Crippen molar-refractivity contribution < 1.29 is 18.7 Å². The quantitative estimate of drug-likeness (QED) is 0.320. The number of amides is 1. The number of carbonyl (C=O) groups excluding carboxylic acids is 1. The van der Waals surface area contributed by atoms with Crippen LogP contribution in [0.5, 0.6) is 0 Å². The van der Waals surface area contributed by atoms with Gasteiger partial charge in [0.2, 0.25) is 0 Å². The van der Waals surface area contributed by atoms with Gasteiger partial charge in [0.1, 0.15) is 11.6 Å². The third-order valence-corrected chi connectivity index (χ3v) is 5.45. The van der Waals surface area contributed by atoms with E-state index >= 15 is 0 Å². The van der Waals surface area contributed by atoms with E-state index in [0.717, 1.165) is 0 Å². The Morgan fingerprint density at radius 1 is 1.09 bits per heavy atom. The summed E-state index contributed by atoms with van der Waals surface area (Å²) in [6.45, 7) is -0.353. The molecule has 2 aromatic carbocycles. The minimum absolute atomic E-state index is 0.0127. The fourth-order valence-electron chi connectivity index (χ4n) is 3.63. The van der Waals surface area contributed by atoms with Gasteiger partial charge in [-0.25, -0.2) is 8.78 Å². The van der Waals surface area contributed by atoms with E-state index in [-0.39, 0.29) is 35.7 Å². The number of hydrogen-bond donors (Lipinski definition) is 4. The van der Waals surface area contributed by atoms with Crippen LogP contribution < -0.4 is 11.1 Å². The van der Waals surface area contributed by atoms with E-state index in [9.17, 15) is 18.7 Å². The van der Waals surface area contributed by atoms with Crippen molar-refractivity contribution in [1.82, 2.24) is 20.5 Å². The number of pyridine rings is 1. The lowest BCUT2D eigenvalue weighted by atomic mass is 9.99. The zero-order chi connectivity index (χ0) is 24.1. The second-order valence-electron chi connectivity index (χ2n) is 7.79. The monoisotopic (exact) mass is 463 g/mol. The second-order valence-corrected chi connectivity index (χ2v) is 7.79. The SMILES string of the molecule is NC(CO)C(Cc1ccccn1)NC(=O)c1cccc(F)c1-c1cc(-c2ccc(F)cc2)[nH]n1. The minimum atomic E-state index is -0.751. The van der Waals surface area contributed by atoms with E-state index in [0.29, 0.717) is 17.0 Å². The Balaban J connectivity index is 1.63. The van der Waals surface area contributed by atoms with Gasteiger partial charge in [0, 0.05) is 24.4 Å². The van der Waals surface area contributed by atoms with Crippen LogP contribution in [0.25, 0.3) is 22.5 Å². The molecule has 174 valence electrons. The fraction of sp³-hybridized carbons (Fsp3) is 0.160. The Bertz CT molecular complexity index is 1260. The van der Waals surface area contributed by atoms with E-state index in [1.165, 1.54) is 30.3 Å². The Labute approximate surface area is 194 Å². The van der Waals surface area contributed by atoms with Crippen molar-refractivity contribution in [3.63, 3.8) is 0 Å². The van der Waals surface area contributed by atoms with Crippen molar-refractivity contribution >= 4 is 5.91 Å². The second kappa shape index (κ2) is 10.3. The number of halogens is 2. The smallest absolute Gasteiger partial charge is 0.252 e. The van der Waals surface area contributed by atoms with Gasteiger partial charge in [0.05, 0.1) is 35.2 Å². The van der Waals surface area contributed by atoms with Crippen LogP contribution in [0.15, 0.2) is 72.9 Å². The number of aliphatic hydroxyl groups excluding tert-OH is 1. The molecule has 0 saturated heterocycles. The van der Waals surface area contributed by atoms with Crippen LogP contribution in [-0.2, 0) is 6.42 Å². The molecule has 4 aromatic rings. The molecule has 0 spiro atoms. The van der Waals surface area contributed by atoms with Crippen LogP contribution in [0.2, 0.25) is 0 Å². The lowest BCUT2D eigenvalue weighted by molar-refractivity contribution is 0.0923. The number of hydrogen-bond acceptors (Lipinski definition) is 5. The van der Waals surface area contributed by atoms with Gasteiger partial charge in [0.25, 0.3) is 5.91 Å². The first-order valence-corrected chi connectivity index (χ1v) is 10.6. The summed E-state index contributed by atoms with van der Waals surface area (Å²) in [6.07, 6.45) is 1.91. The van der Waals surface area contributed by atoms with Crippen LogP contribution in [0.3, 0.4) is 0 Å². The van der Waals surface area contributed by atoms with Gasteiger partial charge in [-0.1, -0.05) is 12.1 Å². The molecule has 2 unspecified atom stereocenters. The summed E-state index contributed by atoms with van der Waals surface area (Å²) in [5.74, 6) is -1.57. The molecule has 2 heterocycles. The molecule has 0 fully saturated rings. The van der Waals surface area contributed by atoms with Gasteiger partial charge in [-0.3, -0.25) is 14.9 Å². The highest BCUT2D eigenvalue weighted by Crippen LogP contribution is 2.29. The lowest BCUT2D eigenvalue weighted by Crippen LogP contribution is -2.51. The normalized spacial score (nSPS) is 12.8. The summed E-state index contributed by atoms with van der Waals surface area (Å²) in [7, 11) is 0. The van der Waals surface area contributed by atoms with E-state index in [1.807, 2.05) is 6.07 Å². The Kier molecular flexibility index (Phi) is 7.05. The number of H-pyrrole nitrogens is 1. The van der Waals surface area contributed by atoms with Gasteiger partial charge >= 0.3 is 0 Å². The highest BCUT2D eigenvalue weighted by atomic mass is 19.1. The van der Waals surface area contributed by atoms with Crippen molar-refractivity contribution in [2.45, 2.75) is 18.5 Å². The summed E-state index contributed by atoms with van der Waals surface area (Å²) in [6, 6.07) is 15.5. The average Bonchev–Trinajstić information content (AvgIpc) is 3.33. The molecular formula is C25H23F2N5O2. The first kappa shape index (κ1) is 23.2. The van der Waals surface area contributed by atoms with E-state index in [1.54, 1.807) is 36.5 Å². The van der Waals surface area contributed by atoms with Gasteiger partial charge < -0.3 is 16.2 Å². The molecule has 1 amide bonds. The number of carbonyl (C=O) groups is 1. The van der Waals surface area contributed by atoms with Gasteiger partial charge in [0.15, 0.2) is 0 Å². The summed E-state index contributed by atoms with van der Waals surface area (Å²) in [4.78, 5) is 17.5. The number of aromatic amines is 1. The van der Waals surface area contributed by atoms with E-state index in [4.69, 9.17) is 5.73 Å². The zero-order valence-corrected chi connectivity index (χ0v) is 18.1. The molecule has 2 aromatic heterocycles. The lowest BCUT2D eigenvalue weighted by Gasteiger charge is -2.24. The average molecular weight is 463 g/mol. The molecule has 0 bridgehead atoms. The molecule has 0 aliphatic heterocycles. The number of nitrogens with zero attached hydrogens (tertiary/aromatic N) is 2. The molecule has 7 nitrogen and oxygen atoms in total. The molecule has 0 aliphatic carbocycles. The summed E-state index contributed by atoms with van der Waals surface area (Å²) in [5.41, 5.74) is 8.22. The predicted molar refractivity (Wildman–Crippen MR) is 124 cm³/mol. The first-order chi connectivity index (χ1) is 16.5. The van der Waals surface area contributed by atoms with Crippen molar-refractivity contribution in [3.05, 3.63) is 95.8 Å². The van der Waals surface area contributed by atoms with Crippen molar-refractivity contribution in [1.29, 1.82) is 0 Å². The maximum absolute atomic E-state index is 14.9. The van der Waals surface area contributed by atoms with Gasteiger partial charge in [-0.15, -0.1) is 0 Å². The van der Waals surface area contributed by atoms with Crippen LogP contribution in [0.4, 0.5) is 8.78 Å². The third-order valence-electron chi connectivity index (χ3n) is 5.45. The largest absolute Gasteiger partial charge is 0.395 e. The highest BCUT2D eigenvalue weighted by molar-refractivity contribution is 6.01. The topological polar surface area (TPSA) is 117 Å². The highest BCUT2D eigenvalue weighted by Gasteiger charge is 2.25. The molecular weight excluding hydrogens is 440 g/mol. The number of nitrogens with one attached hydrogen (secondary N) is 2. The summed E-state index contributed by atoms with van der Waals surface area (Å²) < 4.78 is 28.2. The molecule has 5 N–H and O–H groups in total. The summed E-state index contributed by atoms with van der Waals surface area (Å²) >= 11 is 0. The van der Waals surface area contributed by atoms with Crippen molar-refractivity contribution in [2.75, 3.05) is 6.61 Å². The van der Waals surface area contributed by atoms with Gasteiger partial charge in [-0.2, -0.15) is 5.10 Å². The van der Waals surface area contributed by atoms with Crippen LogP contribution in [-0.4, -0.2) is 44.9 Å². The molecule has 4 rings (SSSR count). The van der Waals surface area contributed by atoms with Crippen LogP contribution >= 0.6 is 0 Å². The molecule has 0 radical (unpaired) electrons. The first-order valence-electron chi connectivity index (χ1n) is 10.6. The molecule has 0 aliphatic rings. The zero-order valence-electron chi connectivity index (χ0n) is 18.1. The maximum Gasteiger partial charge on any atom is 0.252 e. The third kappa shape index (κ3) is 5.16. The van der Waals surface area contributed by atoms with Crippen LogP contribution in [0, 0.1) is 11.6 Å². The molecule has 9 heteroatoms. The van der Waals surface area contributed by atoms with E-state index < -0.39 is 23.8 Å².